The van der Waals surface area contributed by atoms with E-state index in [1.807, 2.05) is 79.2 Å². The molecule has 0 spiro atoms. The topological polar surface area (TPSA) is 49.9 Å². The molecule has 29 heavy (non-hydrogen) atoms. The largest absolute Gasteiger partial charge is 0.496 e. The zero-order chi connectivity index (χ0) is 20.4. The minimum Gasteiger partial charge on any atom is -0.496 e. The van der Waals surface area contributed by atoms with E-state index in [1.165, 1.54) is 16.2 Å². The van der Waals surface area contributed by atoms with E-state index >= 15 is 0 Å². The fourth-order valence-electron chi connectivity index (χ4n) is 3.45. The third-order valence-corrected chi connectivity index (χ3v) is 5.80. The van der Waals surface area contributed by atoms with Gasteiger partial charge in [-0.2, -0.15) is 0 Å². The highest BCUT2D eigenvalue weighted by Gasteiger charge is 2.41. The lowest BCUT2D eigenvalue weighted by atomic mass is 10.1. The van der Waals surface area contributed by atoms with Gasteiger partial charge in [0.25, 0.3) is 11.8 Å². The summed E-state index contributed by atoms with van der Waals surface area (Å²) in [5.41, 5.74) is 2.45. The molecule has 1 aromatic heterocycles. The van der Waals surface area contributed by atoms with Gasteiger partial charge in [-0.05, 0) is 29.6 Å². The Morgan fingerprint density at radius 1 is 0.931 bits per heavy atom. The van der Waals surface area contributed by atoms with Crippen LogP contribution >= 0.6 is 11.3 Å². The number of methoxy groups -OCH3 is 1. The standard InChI is InChI=1S/C23H20N2O3S/c1-24(17-10-4-3-5-11-17)21-20(19-13-8-14-29-19)22(26)25(23(21)27)15-16-9-6-7-12-18(16)28-2/h3-14H,15H2,1-2H3. The molecule has 0 saturated heterocycles. The molecule has 0 saturated carbocycles. The molecule has 0 bridgehead atoms. The van der Waals surface area contributed by atoms with Crippen molar-refractivity contribution in [1.82, 2.24) is 4.90 Å². The maximum Gasteiger partial charge on any atom is 0.278 e. The van der Waals surface area contributed by atoms with Crippen LogP contribution in [0, 0.1) is 0 Å². The number of benzene rings is 2. The first-order valence-electron chi connectivity index (χ1n) is 9.17. The van der Waals surface area contributed by atoms with E-state index in [-0.39, 0.29) is 18.4 Å². The minimum atomic E-state index is -0.310. The second-order valence-corrected chi connectivity index (χ2v) is 7.55. The third kappa shape index (κ3) is 3.43. The van der Waals surface area contributed by atoms with E-state index in [1.54, 1.807) is 12.0 Å². The van der Waals surface area contributed by atoms with E-state index in [2.05, 4.69) is 0 Å². The van der Waals surface area contributed by atoms with Crippen LogP contribution in [0.15, 0.2) is 77.8 Å². The van der Waals surface area contributed by atoms with Gasteiger partial charge in [0.1, 0.15) is 11.4 Å². The molecular formula is C23H20N2O3S. The number of para-hydroxylation sites is 2. The van der Waals surface area contributed by atoms with Crippen molar-refractivity contribution >= 4 is 34.4 Å². The third-order valence-electron chi connectivity index (χ3n) is 4.91. The van der Waals surface area contributed by atoms with Crippen LogP contribution in [0.1, 0.15) is 10.4 Å². The number of anilines is 1. The molecule has 1 aliphatic heterocycles. The smallest absolute Gasteiger partial charge is 0.278 e. The molecule has 0 radical (unpaired) electrons. The Bertz CT molecular complexity index is 1070. The zero-order valence-electron chi connectivity index (χ0n) is 16.2. The summed E-state index contributed by atoms with van der Waals surface area (Å²) in [4.78, 5) is 30.6. The maximum absolute atomic E-state index is 13.4. The highest BCUT2D eigenvalue weighted by Crippen LogP contribution is 2.36. The average molecular weight is 404 g/mol. The number of likely N-dealkylation sites (N-methyl/N-ethyl adjacent to an activating group) is 1. The van der Waals surface area contributed by atoms with Crippen molar-refractivity contribution in [3.8, 4) is 5.75 Å². The summed E-state index contributed by atoms with van der Waals surface area (Å²) in [6.07, 6.45) is 0. The van der Waals surface area contributed by atoms with Crippen molar-refractivity contribution < 1.29 is 14.3 Å². The van der Waals surface area contributed by atoms with Gasteiger partial charge >= 0.3 is 0 Å². The highest BCUT2D eigenvalue weighted by molar-refractivity contribution is 7.11. The molecule has 0 aliphatic carbocycles. The molecule has 0 unspecified atom stereocenters. The van der Waals surface area contributed by atoms with E-state index < -0.39 is 0 Å². The molecule has 0 N–H and O–H groups in total. The molecule has 5 nitrogen and oxygen atoms in total. The SMILES string of the molecule is COc1ccccc1CN1C(=O)C(c2cccs2)=C(N(C)c2ccccc2)C1=O. The van der Waals surface area contributed by atoms with Gasteiger partial charge in [-0.25, -0.2) is 0 Å². The molecule has 4 rings (SSSR count). The number of amides is 2. The fourth-order valence-corrected chi connectivity index (χ4v) is 4.21. The Morgan fingerprint density at radius 3 is 2.34 bits per heavy atom. The number of carbonyl (C=O) groups is 2. The number of thiophene rings is 1. The first-order valence-corrected chi connectivity index (χ1v) is 10.0. The Balaban J connectivity index is 1.76. The van der Waals surface area contributed by atoms with Crippen LogP contribution < -0.4 is 9.64 Å². The van der Waals surface area contributed by atoms with Gasteiger partial charge in [0.15, 0.2) is 0 Å². The monoisotopic (exact) mass is 404 g/mol. The summed E-state index contributed by atoms with van der Waals surface area (Å²) in [7, 11) is 3.40. The van der Waals surface area contributed by atoms with Crippen LogP contribution in [-0.2, 0) is 16.1 Å². The number of hydrogen-bond acceptors (Lipinski definition) is 5. The van der Waals surface area contributed by atoms with Crippen molar-refractivity contribution in [1.29, 1.82) is 0 Å². The van der Waals surface area contributed by atoms with Crippen LogP contribution in [0.2, 0.25) is 0 Å². The van der Waals surface area contributed by atoms with E-state index in [0.29, 0.717) is 17.0 Å². The molecule has 0 fully saturated rings. The lowest BCUT2D eigenvalue weighted by Gasteiger charge is -2.22. The Labute approximate surface area is 173 Å². The van der Waals surface area contributed by atoms with Crippen LogP contribution in [0.4, 0.5) is 5.69 Å². The molecule has 2 amide bonds. The van der Waals surface area contributed by atoms with Crippen molar-refractivity contribution in [2.45, 2.75) is 6.54 Å². The molecule has 1 aliphatic rings. The van der Waals surface area contributed by atoms with E-state index in [9.17, 15) is 9.59 Å². The van der Waals surface area contributed by atoms with Crippen LogP contribution in [-0.4, -0.2) is 30.9 Å². The molecule has 0 atom stereocenters. The van der Waals surface area contributed by atoms with Crippen molar-refractivity contribution in [3.63, 3.8) is 0 Å². The summed E-state index contributed by atoms with van der Waals surface area (Å²) >= 11 is 1.45. The first kappa shape index (κ1) is 19.0. The lowest BCUT2D eigenvalue weighted by Crippen LogP contribution is -2.33. The maximum atomic E-state index is 13.4. The van der Waals surface area contributed by atoms with Crippen molar-refractivity contribution in [2.24, 2.45) is 0 Å². The lowest BCUT2D eigenvalue weighted by molar-refractivity contribution is -0.137. The summed E-state index contributed by atoms with van der Waals surface area (Å²) in [5.74, 6) is 0.0486. The van der Waals surface area contributed by atoms with Crippen LogP contribution in [0.5, 0.6) is 5.75 Å². The van der Waals surface area contributed by atoms with Crippen LogP contribution in [0.3, 0.4) is 0 Å². The number of imide groups is 1. The van der Waals surface area contributed by atoms with Crippen LogP contribution in [0.25, 0.3) is 5.57 Å². The normalized spacial score (nSPS) is 13.9. The zero-order valence-corrected chi connectivity index (χ0v) is 17.0. The second-order valence-electron chi connectivity index (χ2n) is 6.60. The van der Waals surface area contributed by atoms with Gasteiger partial charge in [0.05, 0.1) is 19.2 Å². The fraction of sp³-hybridized carbons (Fsp3) is 0.130. The number of rotatable bonds is 6. The first-order chi connectivity index (χ1) is 14.1. The van der Waals surface area contributed by atoms with Gasteiger partial charge in [-0.3, -0.25) is 14.5 Å². The second kappa shape index (κ2) is 7.93. The number of hydrogen-bond donors (Lipinski definition) is 0. The minimum absolute atomic E-state index is 0.155. The number of ether oxygens (including phenoxy) is 1. The summed E-state index contributed by atoms with van der Waals surface area (Å²) in [6, 6.07) is 20.7. The molecule has 3 aromatic rings. The van der Waals surface area contributed by atoms with Gasteiger partial charge in [0, 0.05) is 23.2 Å². The predicted octanol–water partition coefficient (Wildman–Crippen LogP) is 4.17. The molecular weight excluding hydrogens is 384 g/mol. The quantitative estimate of drug-likeness (QED) is 0.579. The van der Waals surface area contributed by atoms with Gasteiger partial charge in [-0.1, -0.05) is 42.5 Å². The van der Waals surface area contributed by atoms with Gasteiger partial charge < -0.3 is 9.64 Å². The Kier molecular flexibility index (Phi) is 5.18. The summed E-state index contributed by atoms with van der Waals surface area (Å²) < 4.78 is 5.40. The molecule has 2 heterocycles. The average Bonchev–Trinajstić information content (AvgIpc) is 3.36. The molecule has 146 valence electrons. The highest BCUT2D eigenvalue weighted by atomic mass is 32.1. The van der Waals surface area contributed by atoms with Crippen molar-refractivity contribution in [2.75, 3.05) is 19.1 Å². The Morgan fingerprint density at radius 2 is 1.66 bits per heavy atom. The number of carbonyl (C=O) groups excluding carboxylic acids is 2. The van der Waals surface area contributed by atoms with E-state index in [0.717, 1.165) is 16.1 Å². The van der Waals surface area contributed by atoms with Gasteiger partial charge in [-0.15, -0.1) is 11.3 Å². The Hall–Kier alpha value is -3.38. The van der Waals surface area contributed by atoms with Crippen molar-refractivity contribution in [3.05, 3.63) is 88.2 Å². The molecule has 2 aromatic carbocycles. The number of nitrogens with zero attached hydrogens (tertiary/aromatic N) is 2. The molecule has 6 heteroatoms. The predicted molar refractivity (Wildman–Crippen MR) is 115 cm³/mol. The van der Waals surface area contributed by atoms with Gasteiger partial charge in [0.2, 0.25) is 0 Å². The summed E-state index contributed by atoms with van der Waals surface area (Å²) in [5, 5.41) is 1.91. The summed E-state index contributed by atoms with van der Waals surface area (Å²) in [6.45, 7) is 0.155. The van der Waals surface area contributed by atoms with E-state index in [4.69, 9.17) is 4.74 Å².